The van der Waals surface area contributed by atoms with Crippen molar-refractivity contribution in [2.45, 2.75) is 38.1 Å². The molecule has 3 N–H and O–H groups in total. The number of nitrogens with zero attached hydrogens (tertiary/aromatic N) is 1. The lowest BCUT2D eigenvalue weighted by atomic mass is 9.96. The summed E-state index contributed by atoms with van der Waals surface area (Å²) in [6.45, 7) is 1.44. The highest BCUT2D eigenvalue weighted by molar-refractivity contribution is 5.85. The Labute approximate surface area is 127 Å². The van der Waals surface area contributed by atoms with Crippen LogP contribution in [0.5, 0.6) is 0 Å². The number of rotatable bonds is 6. The summed E-state index contributed by atoms with van der Waals surface area (Å²) in [5, 5.41) is 8.53. The summed E-state index contributed by atoms with van der Waals surface area (Å²) < 4.78 is 0. The molecule has 1 aliphatic carbocycles. The molecule has 0 spiro atoms. The molecule has 1 aliphatic rings. The zero-order valence-corrected chi connectivity index (χ0v) is 13.2. The molecule has 118 valence electrons. The molecule has 1 rings (SSSR count). The number of halogens is 1. The third kappa shape index (κ3) is 7.55. The minimum absolute atomic E-state index is 0. The maximum absolute atomic E-state index is 11.7. The number of nitrogens with one attached hydrogen (secondary N) is 3. The van der Waals surface area contributed by atoms with Crippen molar-refractivity contribution in [3.05, 3.63) is 0 Å². The highest BCUT2D eigenvalue weighted by Crippen LogP contribution is 2.16. The molecule has 0 saturated heterocycles. The van der Waals surface area contributed by atoms with Gasteiger partial charge in [0.1, 0.15) is 0 Å². The molecule has 0 radical (unpaired) electrons. The summed E-state index contributed by atoms with van der Waals surface area (Å²) in [5.41, 5.74) is 0. The number of amides is 3. The van der Waals surface area contributed by atoms with Crippen molar-refractivity contribution < 1.29 is 9.59 Å². The quantitative estimate of drug-likeness (QED) is 0.677. The minimum atomic E-state index is -0.234. The van der Waals surface area contributed by atoms with Gasteiger partial charge in [0.05, 0.1) is 6.54 Å². The van der Waals surface area contributed by atoms with E-state index >= 15 is 0 Å². The molecule has 3 amide bonds. The van der Waals surface area contributed by atoms with Crippen molar-refractivity contribution in [3.8, 4) is 0 Å². The van der Waals surface area contributed by atoms with Gasteiger partial charge in [-0.15, -0.1) is 12.4 Å². The summed E-state index contributed by atoms with van der Waals surface area (Å²) in [6.07, 6.45) is 5.70. The van der Waals surface area contributed by atoms with Gasteiger partial charge in [-0.3, -0.25) is 4.79 Å². The van der Waals surface area contributed by atoms with E-state index in [0.717, 1.165) is 19.4 Å². The number of carbonyl (C=O) groups is 2. The van der Waals surface area contributed by atoms with Gasteiger partial charge in [0.15, 0.2) is 0 Å². The van der Waals surface area contributed by atoms with Crippen LogP contribution in [0.1, 0.15) is 32.1 Å². The number of hydrogen-bond donors (Lipinski definition) is 3. The summed E-state index contributed by atoms with van der Waals surface area (Å²) in [5.74, 6) is -0.0750. The molecule has 0 aromatic carbocycles. The first kappa shape index (κ1) is 19.0. The van der Waals surface area contributed by atoms with Crippen LogP contribution in [0, 0.1) is 0 Å². The third-order valence-electron chi connectivity index (χ3n) is 3.46. The topological polar surface area (TPSA) is 73.5 Å². The molecule has 7 heteroatoms. The van der Waals surface area contributed by atoms with E-state index in [1.165, 1.54) is 19.3 Å². The molecule has 0 aromatic rings. The van der Waals surface area contributed by atoms with E-state index in [9.17, 15) is 9.59 Å². The summed E-state index contributed by atoms with van der Waals surface area (Å²) in [6, 6.07) is 0.0353. The lowest BCUT2D eigenvalue weighted by Crippen LogP contribution is -2.47. The van der Waals surface area contributed by atoms with Crippen molar-refractivity contribution >= 4 is 24.3 Å². The van der Waals surface area contributed by atoms with Gasteiger partial charge in [-0.2, -0.15) is 0 Å². The third-order valence-corrected chi connectivity index (χ3v) is 3.46. The highest BCUT2D eigenvalue weighted by Gasteiger charge is 2.16. The fraction of sp³-hybridized carbons (Fsp3) is 0.846. The first-order valence-corrected chi connectivity index (χ1v) is 7.06. The predicted molar refractivity (Wildman–Crippen MR) is 82.2 cm³/mol. The SMILES string of the molecule is CNCCN(C)C(=O)CNC(=O)NC1CCCCC1.Cl. The molecule has 20 heavy (non-hydrogen) atoms. The van der Waals surface area contributed by atoms with Crippen molar-refractivity contribution in [2.24, 2.45) is 0 Å². The Bertz CT molecular complexity index is 296. The smallest absolute Gasteiger partial charge is 0.315 e. The molecule has 6 nitrogen and oxygen atoms in total. The molecule has 1 saturated carbocycles. The summed E-state index contributed by atoms with van der Waals surface area (Å²) in [7, 11) is 3.58. The Morgan fingerprint density at radius 3 is 2.45 bits per heavy atom. The largest absolute Gasteiger partial charge is 0.343 e. The van der Waals surface area contributed by atoms with Gasteiger partial charge in [0.25, 0.3) is 0 Å². The molecule has 0 atom stereocenters. The zero-order chi connectivity index (χ0) is 14.1. The van der Waals surface area contributed by atoms with Crippen LogP contribution in [0.4, 0.5) is 4.79 Å². The van der Waals surface area contributed by atoms with E-state index in [2.05, 4.69) is 16.0 Å². The molecule has 0 aliphatic heterocycles. The standard InChI is InChI=1S/C13H26N4O2.ClH/c1-14-8-9-17(2)12(18)10-15-13(19)16-11-6-4-3-5-7-11;/h11,14H,3-10H2,1-2H3,(H2,15,16,19);1H. The normalized spacial score (nSPS) is 15.1. The molecule has 0 aromatic heterocycles. The molecule has 0 unspecified atom stereocenters. The second-order valence-corrected chi connectivity index (χ2v) is 5.08. The van der Waals surface area contributed by atoms with E-state index in [-0.39, 0.29) is 36.9 Å². The van der Waals surface area contributed by atoms with Gasteiger partial charge in [0, 0.05) is 26.2 Å². The van der Waals surface area contributed by atoms with Gasteiger partial charge in [0.2, 0.25) is 5.91 Å². The summed E-state index contributed by atoms with van der Waals surface area (Å²) >= 11 is 0. The number of hydrogen-bond acceptors (Lipinski definition) is 3. The van der Waals surface area contributed by atoms with Crippen LogP contribution in [0.15, 0.2) is 0 Å². The lowest BCUT2D eigenvalue weighted by Gasteiger charge is -2.23. The monoisotopic (exact) mass is 306 g/mol. The second-order valence-electron chi connectivity index (χ2n) is 5.08. The van der Waals surface area contributed by atoms with Crippen molar-refractivity contribution in [1.82, 2.24) is 20.9 Å². The van der Waals surface area contributed by atoms with Crippen molar-refractivity contribution in [1.29, 1.82) is 0 Å². The van der Waals surface area contributed by atoms with Gasteiger partial charge in [-0.05, 0) is 19.9 Å². The first-order chi connectivity index (χ1) is 9.13. The fourth-order valence-electron chi connectivity index (χ4n) is 2.18. The fourth-order valence-corrected chi connectivity index (χ4v) is 2.18. The molecule has 1 fully saturated rings. The molecule has 0 heterocycles. The van der Waals surface area contributed by atoms with Crippen molar-refractivity contribution in [3.63, 3.8) is 0 Å². The number of urea groups is 1. The van der Waals surface area contributed by atoms with Crippen LogP contribution in [0.2, 0.25) is 0 Å². The maximum Gasteiger partial charge on any atom is 0.315 e. The van der Waals surface area contributed by atoms with Crippen LogP contribution < -0.4 is 16.0 Å². The van der Waals surface area contributed by atoms with Gasteiger partial charge >= 0.3 is 6.03 Å². The minimum Gasteiger partial charge on any atom is -0.343 e. The van der Waals surface area contributed by atoms with Crippen LogP contribution in [-0.2, 0) is 4.79 Å². The average molecular weight is 307 g/mol. The first-order valence-electron chi connectivity index (χ1n) is 7.06. The maximum atomic E-state index is 11.7. The van der Waals surface area contributed by atoms with E-state index in [1.54, 1.807) is 11.9 Å². The number of likely N-dealkylation sites (N-methyl/N-ethyl adjacent to an activating group) is 2. The van der Waals surface area contributed by atoms with Crippen LogP contribution in [0.3, 0.4) is 0 Å². The van der Waals surface area contributed by atoms with Crippen LogP contribution >= 0.6 is 12.4 Å². The van der Waals surface area contributed by atoms with Crippen molar-refractivity contribution in [2.75, 3.05) is 33.7 Å². The van der Waals surface area contributed by atoms with Crippen LogP contribution in [-0.4, -0.2) is 56.6 Å². The number of carbonyl (C=O) groups excluding carboxylic acids is 2. The predicted octanol–water partition coefficient (Wildman–Crippen LogP) is 0.718. The van der Waals surface area contributed by atoms with Gasteiger partial charge < -0.3 is 20.9 Å². The van der Waals surface area contributed by atoms with Crippen LogP contribution in [0.25, 0.3) is 0 Å². The van der Waals surface area contributed by atoms with Gasteiger partial charge in [-0.25, -0.2) is 4.79 Å². The van der Waals surface area contributed by atoms with E-state index in [1.807, 2.05) is 7.05 Å². The van der Waals surface area contributed by atoms with E-state index in [0.29, 0.717) is 6.54 Å². The van der Waals surface area contributed by atoms with E-state index < -0.39 is 0 Å². The van der Waals surface area contributed by atoms with Gasteiger partial charge in [-0.1, -0.05) is 19.3 Å². The molecular formula is C13H27ClN4O2. The lowest BCUT2D eigenvalue weighted by molar-refractivity contribution is -0.128. The average Bonchev–Trinajstić information content (AvgIpc) is 2.43. The Morgan fingerprint density at radius 1 is 1.20 bits per heavy atom. The Kier molecular flexibility index (Phi) is 10.2. The molecule has 0 bridgehead atoms. The Balaban J connectivity index is 0.00000361. The second kappa shape index (κ2) is 10.7. The Hall–Kier alpha value is -1.01. The van der Waals surface area contributed by atoms with E-state index in [4.69, 9.17) is 0 Å². The Morgan fingerprint density at radius 2 is 1.85 bits per heavy atom. The summed E-state index contributed by atoms with van der Waals surface area (Å²) in [4.78, 5) is 25.0. The molecular weight excluding hydrogens is 280 g/mol. The zero-order valence-electron chi connectivity index (χ0n) is 12.4. The highest BCUT2D eigenvalue weighted by atomic mass is 35.5.